The van der Waals surface area contributed by atoms with Crippen molar-refractivity contribution in [1.82, 2.24) is 4.98 Å². The molecule has 2 nitrogen and oxygen atoms in total. The molecule has 0 bridgehead atoms. The first-order valence-corrected chi connectivity index (χ1v) is 8.17. The number of benzene rings is 2. The fourth-order valence-corrected chi connectivity index (χ4v) is 3.21. The molecule has 2 aromatic carbocycles. The van der Waals surface area contributed by atoms with Gasteiger partial charge in [0.2, 0.25) is 6.43 Å². The molecular weight excluding hydrogens is 330 g/mol. The van der Waals surface area contributed by atoms with Crippen molar-refractivity contribution in [2.24, 2.45) is 0 Å². The summed E-state index contributed by atoms with van der Waals surface area (Å²) in [5.74, 6) is 0.665. The number of rotatable bonds is 4. The van der Waals surface area contributed by atoms with Crippen LogP contribution in [0.25, 0.3) is 10.9 Å². The first-order chi connectivity index (χ1) is 11.6. The summed E-state index contributed by atoms with van der Waals surface area (Å²) < 4.78 is 26.3. The largest absolute Gasteiger partial charge is 0.340 e. The Morgan fingerprint density at radius 3 is 2.42 bits per heavy atom. The van der Waals surface area contributed by atoms with E-state index in [-0.39, 0.29) is 0 Å². The first-order valence-electron chi connectivity index (χ1n) is 7.79. The molecule has 0 spiro atoms. The molecule has 24 heavy (non-hydrogen) atoms. The van der Waals surface area contributed by atoms with Gasteiger partial charge in [-0.15, -0.1) is 0 Å². The lowest BCUT2D eigenvalue weighted by molar-refractivity contribution is 0.102. The van der Waals surface area contributed by atoms with E-state index in [1.54, 1.807) is 18.2 Å². The summed E-state index contributed by atoms with van der Waals surface area (Å²) >= 11 is 6.18. The molecule has 5 heteroatoms. The third-order valence-corrected chi connectivity index (χ3v) is 4.91. The van der Waals surface area contributed by atoms with Gasteiger partial charge in [0.05, 0.1) is 16.0 Å². The van der Waals surface area contributed by atoms with Gasteiger partial charge in [-0.3, -0.25) is 0 Å². The number of aromatic nitrogens is 1. The molecule has 0 atom stereocenters. The van der Waals surface area contributed by atoms with Gasteiger partial charge in [0.15, 0.2) is 0 Å². The smallest absolute Gasteiger partial charge is 0.248 e. The molecule has 4 rings (SSSR count). The summed E-state index contributed by atoms with van der Waals surface area (Å²) in [7, 11) is 0. The fourth-order valence-electron chi connectivity index (χ4n) is 2.98. The van der Waals surface area contributed by atoms with E-state index in [0.717, 1.165) is 16.6 Å². The maximum atomic E-state index is 13.2. The fraction of sp³-hybridized carbons (Fsp3) is 0.211. The highest BCUT2D eigenvalue weighted by molar-refractivity contribution is 6.35. The van der Waals surface area contributed by atoms with E-state index in [0.29, 0.717) is 29.2 Å². The van der Waals surface area contributed by atoms with Gasteiger partial charge in [-0.25, -0.2) is 13.8 Å². The van der Waals surface area contributed by atoms with Crippen molar-refractivity contribution < 1.29 is 8.78 Å². The minimum Gasteiger partial charge on any atom is -0.340 e. The van der Waals surface area contributed by atoms with Crippen molar-refractivity contribution in [2.45, 2.75) is 24.7 Å². The zero-order chi connectivity index (χ0) is 16.7. The molecular formula is C19H15ClF2N2. The molecule has 1 aliphatic rings. The molecule has 1 N–H and O–H groups in total. The molecule has 1 saturated carbocycles. The number of anilines is 2. The van der Waals surface area contributed by atoms with Crippen molar-refractivity contribution in [3.05, 3.63) is 65.2 Å². The van der Waals surface area contributed by atoms with Crippen molar-refractivity contribution in [3.8, 4) is 0 Å². The van der Waals surface area contributed by atoms with Gasteiger partial charge in [-0.1, -0.05) is 35.9 Å². The summed E-state index contributed by atoms with van der Waals surface area (Å²) in [6.45, 7) is 0. The van der Waals surface area contributed by atoms with Crippen LogP contribution in [0.1, 0.15) is 18.4 Å². The summed E-state index contributed by atoms with van der Waals surface area (Å²) in [4.78, 5) is 4.52. The monoisotopic (exact) mass is 344 g/mol. The number of hydrogen-bond acceptors (Lipinski definition) is 2. The maximum absolute atomic E-state index is 13.2. The summed E-state index contributed by atoms with van der Waals surface area (Å²) in [5.41, 5.74) is 1.32. The van der Waals surface area contributed by atoms with E-state index in [1.807, 2.05) is 36.4 Å². The Bertz CT molecular complexity index is 890. The van der Waals surface area contributed by atoms with E-state index in [2.05, 4.69) is 10.3 Å². The molecule has 1 fully saturated rings. The average molecular weight is 345 g/mol. The quantitative estimate of drug-likeness (QED) is 0.634. The normalized spacial score (nSPS) is 15.7. The van der Waals surface area contributed by atoms with Crippen molar-refractivity contribution in [3.63, 3.8) is 0 Å². The number of nitrogens with zero attached hydrogens (tertiary/aromatic N) is 1. The van der Waals surface area contributed by atoms with Crippen molar-refractivity contribution in [1.29, 1.82) is 0 Å². The summed E-state index contributed by atoms with van der Waals surface area (Å²) in [5, 5.41) is 4.76. The van der Waals surface area contributed by atoms with Gasteiger partial charge < -0.3 is 5.32 Å². The zero-order valence-corrected chi connectivity index (χ0v) is 13.5. The lowest BCUT2D eigenvalue weighted by Crippen LogP contribution is -2.17. The Kier molecular flexibility index (Phi) is 3.65. The number of pyridine rings is 1. The predicted molar refractivity (Wildman–Crippen MR) is 93.4 cm³/mol. The Morgan fingerprint density at radius 1 is 1.00 bits per heavy atom. The van der Waals surface area contributed by atoms with Crippen molar-refractivity contribution >= 4 is 34.0 Å². The van der Waals surface area contributed by atoms with Crippen LogP contribution >= 0.6 is 11.6 Å². The second kappa shape index (κ2) is 5.71. The molecule has 0 saturated heterocycles. The standard InChI is InChI=1S/C19H15ClF2N2/c20-15-3-1-2-12-4-9-16(24-17(12)15)23-14-7-5-13(6-8-14)19(10-11-19)18(21)22/h1-9,18H,10-11H2,(H,23,24). The third kappa shape index (κ3) is 2.61. The first kappa shape index (κ1) is 15.3. The highest BCUT2D eigenvalue weighted by atomic mass is 35.5. The highest BCUT2D eigenvalue weighted by Gasteiger charge is 2.52. The number of hydrogen-bond donors (Lipinski definition) is 1. The lowest BCUT2D eigenvalue weighted by atomic mass is 9.96. The zero-order valence-electron chi connectivity index (χ0n) is 12.8. The van der Waals surface area contributed by atoms with Crippen molar-refractivity contribution in [2.75, 3.05) is 5.32 Å². The predicted octanol–water partition coefficient (Wildman–Crippen LogP) is 5.93. The topological polar surface area (TPSA) is 24.9 Å². The summed E-state index contributed by atoms with van der Waals surface area (Å²) in [6, 6.07) is 16.6. The number of alkyl halides is 2. The van der Waals surface area contributed by atoms with Crippen LogP contribution in [0, 0.1) is 0 Å². The van der Waals surface area contributed by atoms with E-state index in [4.69, 9.17) is 11.6 Å². The number of para-hydroxylation sites is 1. The SMILES string of the molecule is FC(F)C1(c2ccc(Nc3ccc4cccc(Cl)c4n3)cc2)CC1. The molecule has 122 valence electrons. The second-order valence-corrected chi connectivity index (χ2v) is 6.57. The van der Waals surface area contributed by atoms with Crippen LogP contribution in [0.15, 0.2) is 54.6 Å². The van der Waals surface area contributed by atoms with Crippen LogP contribution < -0.4 is 5.32 Å². The Balaban J connectivity index is 1.58. The van der Waals surface area contributed by atoms with Gasteiger partial charge in [0.1, 0.15) is 5.82 Å². The van der Waals surface area contributed by atoms with Crippen LogP contribution in [-0.2, 0) is 5.41 Å². The van der Waals surface area contributed by atoms with Crippen LogP contribution in [0.4, 0.5) is 20.3 Å². The van der Waals surface area contributed by atoms with Crippen LogP contribution in [-0.4, -0.2) is 11.4 Å². The van der Waals surface area contributed by atoms with E-state index in [1.165, 1.54) is 0 Å². The second-order valence-electron chi connectivity index (χ2n) is 6.17. The molecule has 1 aromatic heterocycles. The molecule has 3 aromatic rings. The minimum absolute atomic E-state index is 0.558. The average Bonchev–Trinajstić information content (AvgIpc) is 3.38. The maximum Gasteiger partial charge on any atom is 0.248 e. The summed E-state index contributed by atoms with van der Waals surface area (Å²) in [6.07, 6.45) is -1.19. The number of fused-ring (bicyclic) bond motifs is 1. The van der Waals surface area contributed by atoms with E-state index in [9.17, 15) is 8.78 Å². The van der Waals surface area contributed by atoms with Gasteiger partial charge in [-0.2, -0.15) is 0 Å². The minimum atomic E-state index is -2.30. The highest BCUT2D eigenvalue weighted by Crippen LogP contribution is 2.52. The molecule has 0 radical (unpaired) electrons. The van der Waals surface area contributed by atoms with Crippen LogP contribution in [0.5, 0.6) is 0 Å². The van der Waals surface area contributed by atoms with Gasteiger partial charge >= 0.3 is 0 Å². The molecule has 0 amide bonds. The molecule has 1 aliphatic carbocycles. The van der Waals surface area contributed by atoms with Gasteiger partial charge in [0.25, 0.3) is 0 Å². The third-order valence-electron chi connectivity index (χ3n) is 4.61. The molecule has 1 heterocycles. The Labute approximate surface area is 143 Å². The van der Waals surface area contributed by atoms with Crippen LogP contribution in [0.2, 0.25) is 5.02 Å². The van der Waals surface area contributed by atoms with Crippen LogP contribution in [0.3, 0.4) is 0 Å². The van der Waals surface area contributed by atoms with Gasteiger partial charge in [-0.05, 0) is 48.7 Å². The Hall–Kier alpha value is -2.20. The van der Waals surface area contributed by atoms with Gasteiger partial charge in [0, 0.05) is 11.1 Å². The Morgan fingerprint density at radius 2 is 1.75 bits per heavy atom. The lowest BCUT2D eigenvalue weighted by Gasteiger charge is -2.15. The van der Waals surface area contributed by atoms with E-state index >= 15 is 0 Å². The van der Waals surface area contributed by atoms with E-state index < -0.39 is 11.8 Å². The molecule has 0 unspecified atom stereocenters. The molecule has 0 aliphatic heterocycles. The number of halogens is 3. The number of nitrogens with one attached hydrogen (secondary N) is 1.